The number of amides is 1. The second-order valence-electron chi connectivity index (χ2n) is 10.0. The lowest BCUT2D eigenvalue weighted by molar-refractivity contribution is -0.137. The second kappa shape index (κ2) is 11.7. The van der Waals surface area contributed by atoms with E-state index in [1.165, 1.54) is 17.8 Å². The molecule has 0 unspecified atom stereocenters. The summed E-state index contributed by atoms with van der Waals surface area (Å²) in [6.45, 7) is 5.89. The Balaban J connectivity index is 1.80. The normalized spacial score (nSPS) is 18.9. The molecule has 1 fully saturated rings. The summed E-state index contributed by atoms with van der Waals surface area (Å²) >= 11 is 1.03. The van der Waals surface area contributed by atoms with Gasteiger partial charge < -0.3 is 19.3 Å². The van der Waals surface area contributed by atoms with Crippen molar-refractivity contribution in [3.8, 4) is 11.1 Å². The monoisotopic (exact) mass is 610 g/mol. The highest BCUT2D eigenvalue weighted by Crippen LogP contribution is 2.50. The van der Waals surface area contributed by atoms with Crippen LogP contribution in [0.2, 0.25) is 0 Å². The lowest BCUT2D eigenvalue weighted by Crippen LogP contribution is -2.54. The largest absolute Gasteiger partial charge is 0.417 e. The molecule has 42 heavy (non-hydrogen) atoms. The molecule has 5 rings (SSSR count). The molecular formula is C28H27F5N4O4S. The fraction of sp³-hybridized carbons (Fsp3) is 0.393. The minimum atomic E-state index is -4.93. The molecule has 0 N–H and O–H groups in total. The molecule has 0 spiro atoms. The van der Waals surface area contributed by atoms with Gasteiger partial charge in [0.1, 0.15) is 24.2 Å². The molecule has 2 aromatic carbocycles. The number of ether oxygens (including phenoxy) is 2. The number of benzene rings is 2. The van der Waals surface area contributed by atoms with Crippen LogP contribution in [0.3, 0.4) is 0 Å². The minimum absolute atomic E-state index is 0.0102. The lowest BCUT2D eigenvalue weighted by Gasteiger charge is -2.41. The van der Waals surface area contributed by atoms with Gasteiger partial charge in [-0.1, -0.05) is 6.58 Å². The zero-order valence-corrected chi connectivity index (χ0v) is 23.5. The van der Waals surface area contributed by atoms with E-state index in [-0.39, 0.29) is 66.3 Å². The topological polar surface area (TPSA) is 76.9 Å². The van der Waals surface area contributed by atoms with Crippen molar-refractivity contribution in [3.05, 3.63) is 64.6 Å². The number of carbonyl (C=O) groups excluding carboxylic acids is 1. The third-order valence-electron chi connectivity index (χ3n) is 7.33. The maximum atomic E-state index is 15.1. The number of halogens is 5. The summed E-state index contributed by atoms with van der Waals surface area (Å²) in [5, 5.41) is 0.0440. The molecule has 1 aromatic heterocycles. The highest BCUT2D eigenvalue weighted by molar-refractivity contribution is 7.99. The molecule has 2 aliphatic heterocycles. The summed E-state index contributed by atoms with van der Waals surface area (Å²) in [4.78, 5) is 33.4. The SMILES string of the molecule is C=CC(=O)N1CCN(c2nc(=O)n3c4c(c(-c5ccc(F)cc5F)c(C(F)(F)F)cc24)SC[C@@H]3COCOC)[C@@H](C)C1. The Bertz CT molecular complexity index is 1610. The standard InChI is InChI=1S/C28H27F5N4O4S/c1-4-22(38)35-7-8-36(15(2)11-35)26-19-10-20(28(31,32)33)23(18-6-5-16(29)9-21(18)30)25-24(19)37(27(39)34-26)17(13-42-25)12-41-14-40-3/h4-6,9-10,15,17H,1,7-8,11-14H2,2-3H3/t15-,17-/m0/s1. The van der Waals surface area contributed by atoms with Crippen LogP contribution in [0.15, 0.2) is 46.6 Å². The van der Waals surface area contributed by atoms with Crippen LogP contribution in [-0.2, 0) is 20.4 Å². The number of carbonyl (C=O) groups is 1. The summed E-state index contributed by atoms with van der Waals surface area (Å²) in [5.74, 6) is -2.23. The van der Waals surface area contributed by atoms with Crippen LogP contribution >= 0.6 is 11.8 Å². The van der Waals surface area contributed by atoms with E-state index < -0.39 is 52.3 Å². The molecule has 14 heteroatoms. The van der Waals surface area contributed by atoms with Crippen LogP contribution in [0.25, 0.3) is 22.0 Å². The predicted octanol–water partition coefficient (Wildman–Crippen LogP) is 4.85. The molecule has 8 nitrogen and oxygen atoms in total. The molecular weight excluding hydrogens is 583 g/mol. The Hall–Kier alpha value is -3.49. The quantitative estimate of drug-likeness (QED) is 0.164. The molecule has 3 aromatic rings. The first kappa shape index (κ1) is 30.0. The number of hydrogen-bond donors (Lipinski definition) is 0. The minimum Gasteiger partial charge on any atom is -0.359 e. The summed E-state index contributed by atoms with van der Waals surface area (Å²) in [7, 11) is 1.43. The second-order valence-corrected chi connectivity index (χ2v) is 11.0. The van der Waals surface area contributed by atoms with E-state index in [1.807, 2.05) is 0 Å². The average molecular weight is 611 g/mol. The Kier molecular flexibility index (Phi) is 8.32. The highest BCUT2D eigenvalue weighted by atomic mass is 32.2. The lowest BCUT2D eigenvalue weighted by atomic mass is 9.95. The van der Waals surface area contributed by atoms with Gasteiger partial charge in [0, 0.05) is 66.0 Å². The number of alkyl halides is 3. The predicted molar refractivity (Wildman–Crippen MR) is 148 cm³/mol. The molecule has 0 aliphatic carbocycles. The molecule has 2 aliphatic rings. The number of hydrogen-bond acceptors (Lipinski definition) is 7. The van der Waals surface area contributed by atoms with Gasteiger partial charge in [0.25, 0.3) is 0 Å². The first-order valence-electron chi connectivity index (χ1n) is 13.0. The van der Waals surface area contributed by atoms with Gasteiger partial charge in [-0.25, -0.2) is 13.6 Å². The van der Waals surface area contributed by atoms with Crippen LogP contribution in [0.1, 0.15) is 18.5 Å². The first-order valence-corrected chi connectivity index (χ1v) is 14.0. The van der Waals surface area contributed by atoms with Gasteiger partial charge in [-0.05, 0) is 31.2 Å². The van der Waals surface area contributed by atoms with Crippen LogP contribution in [0.4, 0.5) is 27.8 Å². The third-order valence-corrected chi connectivity index (χ3v) is 8.57. The first-order chi connectivity index (χ1) is 20.0. The highest BCUT2D eigenvalue weighted by Gasteiger charge is 2.40. The van der Waals surface area contributed by atoms with Gasteiger partial charge in [-0.15, -0.1) is 11.8 Å². The summed E-state index contributed by atoms with van der Waals surface area (Å²) in [5.41, 5.74) is -2.63. The Morgan fingerprint density at radius 3 is 2.64 bits per heavy atom. The number of anilines is 1. The van der Waals surface area contributed by atoms with E-state index in [9.17, 15) is 27.2 Å². The number of piperazine rings is 1. The molecule has 1 saturated heterocycles. The maximum absolute atomic E-state index is 15.1. The molecule has 3 heterocycles. The summed E-state index contributed by atoms with van der Waals surface area (Å²) < 4.78 is 84.7. The third kappa shape index (κ3) is 5.38. The van der Waals surface area contributed by atoms with Crippen LogP contribution in [-0.4, -0.2) is 72.3 Å². The number of methoxy groups -OCH3 is 1. The molecule has 2 atom stereocenters. The van der Waals surface area contributed by atoms with Gasteiger partial charge in [-0.2, -0.15) is 18.2 Å². The maximum Gasteiger partial charge on any atom is 0.417 e. The van der Waals surface area contributed by atoms with Gasteiger partial charge in [-0.3, -0.25) is 9.36 Å². The van der Waals surface area contributed by atoms with Crippen molar-refractivity contribution in [2.75, 3.05) is 50.8 Å². The van der Waals surface area contributed by atoms with Gasteiger partial charge in [0.15, 0.2) is 0 Å². The summed E-state index contributed by atoms with van der Waals surface area (Å²) in [6, 6.07) is 2.24. The molecule has 224 valence electrons. The van der Waals surface area contributed by atoms with Crippen molar-refractivity contribution in [2.24, 2.45) is 0 Å². The van der Waals surface area contributed by atoms with E-state index >= 15 is 4.39 Å². The Morgan fingerprint density at radius 1 is 1.24 bits per heavy atom. The number of thioether (sulfide) groups is 1. The Morgan fingerprint density at radius 2 is 2.00 bits per heavy atom. The van der Waals surface area contributed by atoms with E-state index in [4.69, 9.17) is 9.47 Å². The van der Waals surface area contributed by atoms with Gasteiger partial charge in [0.05, 0.1) is 23.7 Å². The fourth-order valence-corrected chi connectivity index (χ4v) is 6.80. The van der Waals surface area contributed by atoms with Crippen molar-refractivity contribution >= 4 is 34.4 Å². The van der Waals surface area contributed by atoms with E-state index in [0.717, 1.165) is 30.0 Å². The Labute approximate surface area is 241 Å². The van der Waals surface area contributed by atoms with Crippen LogP contribution in [0.5, 0.6) is 0 Å². The molecule has 1 amide bonds. The number of rotatable bonds is 7. The zero-order chi connectivity index (χ0) is 30.3. The molecule has 0 radical (unpaired) electrons. The van der Waals surface area contributed by atoms with Crippen LogP contribution < -0.4 is 10.6 Å². The average Bonchev–Trinajstić information content (AvgIpc) is 2.94. The number of aromatic nitrogens is 2. The van der Waals surface area contributed by atoms with E-state index in [2.05, 4.69) is 11.6 Å². The fourth-order valence-electron chi connectivity index (χ4n) is 5.48. The molecule has 0 bridgehead atoms. The van der Waals surface area contributed by atoms with Crippen molar-refractivity contribution in [1.82, 2.24) is 14.5 Å². The summed E-state index contributed by atoms with van der Waals surface area (Å²) in [6.07, 6.45) is -3.75. The zero-order valence-electron chi connectivity index (χ0n) is 22.7. The van der Waals surface area contributed by atoms with Crippen molar-refractivity contribution in [1.29, 1.82) is 0 Å². The van der Waals surface area contributed by atoms with Crippen LogP contribution in [0, 0.1) is 11.6 Å². The van der Waals surface area contributed by atoms with E-state index in [0.29, 0.717) is 6.07 Å². The van der Waals surface area contributed by atoms with Gasteiger partial charge in [0.2, 0.25) is 5.91 Å². The smallest absolute Gasteiger partial charge is 0.359 e. The van der Waals surface area contributed by atoms with Crippen molar-refractivity contribution in [2.45, 2.75) is 30.1 Å². The molecule has 0 saturated carbocycles. The number of nitrogens with zero attached hydrogens (tertiary/aromatic N) is 4. The van der Waals surface area contributed by atoms with Crippen molar-refractivity contribution < 1.29 is 36.2 Å². The van der Waals surface area contributed by atoms with Crippen molar-refractivity contribution in [3.63, 3.8) is 0 Å². The van der Waals surface area contributed by atoms with E-state index in [1.54, 1.807) is 16.7 Å². The van der Waals surface area contributed by atoms with Gasteiger partial charge >= 0.3 is 11.9 Å².